The number of methoxy groups -OCH3 is 2. The minimum Gasteiger partial charge on any atom is -0.508 e. The van der Waals surface area contributed by atoms with Crippen LogP contribution in [0.5, 0.6) is 23.0 Å². The molecule has 5 nitrogen and oxygen atoms in total. The van der Waals surface area contributed by atoms with Gasteiger partial charge in [0.05, 0.1) is 20.8 Å². The summed E-state index contributed by atoms with van der Waals surface area (Å²) in [5.74, 6) is 2.54. The van der Waals surface area contributed by atoms with Crippen LogP contribution in [0.25, 0.3) is 10.8 Å². The van der Waals surface area contributed by atoms with Crippen LogP contribution in [0.3, 0.4) is 0 Å². The number of ether oxygens (including phenoxy) is 3. The van der Waals surface area contributed by atoms with Gasteiger partial charge in [-0.3, -0.25) is 4.90 Å². The van der Waals surface area contributed by atoms with E-state index in [-0.39, 0.29) is 5.75 Å². The van der Waals surface area contributed by atoms with E-state index in [1.807, 2.05) is 56.4 Å². The fourth-order valence-corrected chi connectivity index (χ4v) is 3.37. The molecule has 3 rings (SSSR count). The second-order valence-corrected chi connectivity index (χ2v) is 6.74. The van der Waals surface area contributed by atoms with Crippen LogP contribution in [-0.4, -0.2) is 37.9 Å². The zero-order valence-corrected chi connectivity index (χ0v) is 16.9. The lowest BCUT2D eigenvalue weighted by Gasteiger charge is -2.20. The molecule has 3 aromatic rings. The lowest BCUT2D eigenvalue weighted by molar-refractivity contribution is 0.304. The van der Waals surface area contributed by atoms with Gasteiger partial charge in [0.25, 0.3) is 0 Å². The van der Waals surface area contributed by atoms with Crippen LogP contribution in [0.15, 0.2) is 48.5 Å². The summed E-state index contributed by atoms with van der Waals surface area (Å²) in [5.41, 5.74) is 2.00. The van der Waals surface area contributed by atoms with Crippen LogP contribution in [0, 0.1) is 0 Å². The number of hydrogen-bond acceptors (Lipinski definition) is 5. The Morgan fingerprint density at radius 1 is 0.893 bits per heavy atom. The number of nitrogens with zero attached hydrogens (tertiary/aromatic N) is 1. The van der Waals surface area contributed by atoms with Gasteiger partial charge in [-0.25, -0.2) is 0 Å². The number of phenolic OH excluding ortho intramolecular Hbond substituents is 1. The van der Waals surface area contributed by atoms with E-state index in [2.05, 4.69) is 4.90 Å². The van der Waals surface area contributed by atoms with Crippen molar-refractivity contribution in [1.29, 1.82) is 0 Å². The zero-order valence-electron chi connectivity index (χ0n) is 16.9. The van der Waals surface area contributed by atoms with Crippen LogP contribution in [-0.2, 0) is 13.1 Å². The van der Waals surface area contributed by atoms with Crippen molar-refractivity contribution in [2.45, 2.75) is 20.0 Å². The predicted octanol–water partition coefficient (Wildman–Crippen LogP) is 4.59. The van der Waals surface area contributed by atoms with Crippen molar-refractivity contribution in [2.75, 3.05) is 27.9 Å². The summed E-state index contributed by atoms with van der Waals surface area (Å²) in [6, 6.07) is 15.5. The first-order valence-electron chi connectivity index (χ1n) is 9.32. The van der Waals surface area contributed by atoms with E-state index in [0.717, 1.165) is 39.1 Å². The van der Waals surface area contributed by atoms with Gasteiger partial charge >= 0.3 is 0 Å². The minimum atomic E-state index is 0.289. The van der Waals surface area contributed by atoms with Crippen LogP contribution in [0.4, 0.5) is 0 Å². The summed E-state index contributed by atoms with van der Waals surface area (Å²) in [6.07, 6.45) is 0. The van der Waals surface area contributed by atoms with Gasteiger partial charge in [-0.15, -0.1) is 0 Å². The van der Waals surface area contributed by atoms with Crippen LogP contribution in [0.1, 0.15) is 18.1 Å². The highest BCUT2D eigenvalue weighted by Crippen LogP contribution is 2.32. The Morgan fingerprint density at radius 3 is 2.39 bits per heavy atom. The smallest absolute Gasteiger partial charge is 0.161 e. The Morgan fingerprint density at radius 2 is 1.68 bits per heavy atom. The number of benzene rings is 3. The van der Waals surface area contributed by atoms with Crippen molar-refractivity contribution in [3.8, 4) is 23.0 Å². The molecule has 0 radical (unpaired) electrons. The second-order valence-electron chi connectivity index (χ2n) is 6.74. The summed E-state index contributed by atoms with van der Waals surface area (Å²) >= 11 is 0. The molecule has 0 aliphatic rings. The van der Waals surface area contributed by atoms with Gasteiger partial charge in [0, 0.05) is 18.7 Å². The maximum absolute atomic E-state index is 10.5. The maximum Gasteiger partial charge on any atom is 0.161 e. The molecule has 148 valence electrons. The molecular weight excluding hydrogens is 354 g/mol. The third-order valence-corrected chi connectivity index (χ3v) is 4.72. The molecule has 5 heteroatoms. The molecule has 1 N–H and O–H groups in total. The number of rotatable bonds is 8. The van der Waals surface area contributed by atoms with Crippen molar-refractivity contribution < 1.29 is 19.3 Å². The fourth-order valence-electron chi connectivity index (χ4n) is 3.37. The molecule has 0 unspecified atom stereocenters. The lowest BCUT2D eigenvalue weighted by Crippen LogP contribution is -2.17. The van der Waals surface area contributed by atoms with E-state index in [4.69, 9.17) is 14.2 Å². The molecule has 28 heavy (non-hydrogen) atoms. The van der Waals surface area contributed by atoms with E-state index in [0.29, 0.717) is 19.7 Å². The summed E-state index contributed by atoms with van der Waals surface area (Å²) in [7, 11) is 5.32. The number of aromatic hydroxyl groups is 1. The molecule has 3 aromatic carbocycles. The summed E-state index contributed by atoms with van der Waals surface area (Å²) < 4.78 is 16.4. The average Bonchev–Trinajstić information content (AvgIpc) is 2.71. The molecule has 0 aliphatic heterocycles. The third-order valence-electron chi connectivity index (χ3n) is 4.72. The normalized spacial score (nSPS) is 11.0. The molecule has 0 heterocycles. The fraction of sp³-hybridized carbons (Fsp3) is 0.304. The van der Waals surface area contributed by atoms with Crippen LogP contribution < -0.4 is 14.2 Å². The molecule has 0 amide bonds. The van der Waals surface area contributed by atoms with Crippen LogP contribution >= 0.6 is 0 Å². The van der Waals surface area contributed by atoms with Gasteiger partial charge in [-0.1, -0.05) is 18.2 Å². The average molecular weight is 381 g/mol. The Bertz CT molecular complexity index is 955. The van der Waals surface area contributed by atoms with Crippen molar-refractivity contribution >= 4 is 10.8 Å². The van der Waals surface area contributed by atoms with Gasteiger partial charge in [0.1, 0.15) is 11.5 Å². The Labute approximate surface area is 166 Å². The molecule has 0 saturated heterocycles. The maximum atomic E-state index is 10.5. The van der Waals surface area contributed by atoms with E-state index in [1.165, 1.54) is 0 Å². The topological polar surface area (TPSA) is 51.2 Å². The quantitative estimate of drug-likeness (QED) is 0.618. The van der Waals surface area contributed by atoms with Crippen molar-refractivity contribution in [1.82, 2.24) is 4.90 Å². The lowest BCUT2D eigenvalue weighted by atomic mass is 10.0. The van der Waals surface area contributed by atoms with Gasteiger partial charge in [-0.2, -0.15) is 0 Å². The molecular formula is C23H27NO4. The molecule has 0 atom stereocenters. The van der Waals surface area contributed by atoms with E-state index < -0.39 is 0 Å². The van der Waals surface area contributed by atoms with Gasteiger partial charge in [-0.05, 0) is 60.6 Å². The molecule has 0 aliphatic carbocycles. The van der Waals surface area contributed by atoms with E-state index >= 15 is 0 Å². The van der Waals surface area contributed by atoms with Gasteiger partial charge in [0.2, 0.25) is 0 Å². The Balaban J connectivity index is 1.83. The van der Waals surface area contributed by atoms with Gasteiger partial charge < -0.3 is 19.3 Å². The SMILES string of the molecule is CCOc1ccc(CN(C)Cc2c(O)ccc3ccc(OC)cc23)cc1OC. The highest BCUT2D eigenvalue weighted by molar-refractivity contribution is 5.88. The van der Waals surface area contributed by atoms with E-state index in [9.17, 15) is 5.11 Å². The molecule has 0 saturated carbocycles. The standard InChI is InChI=1S/C23H27NO4/c1-5-28-22-11-6-16(12-23(22)27-4)14-24(2)15-20-19-13-18(26-3)9-7-17(19)8-10-21(20)25/h6-13,25H,5,14-15H2,1-4H3. The first-order chi connectivity index (χ1) is 13.5. The van der Waals surface area contributed by atoms with Crippen molar-refractivity contribution in [3.05, 3.63) is 59.7 Å². The van der Waals surface area contributed by atoms with Crippen molar-refractivity contribution in [2.24, 2.45) is 0 Å². The second kappa shape index (κ2) is 8.85. The summed E-state index contributed by atoms with van der Waals surface area (Å²) in [6.45, 7) is 3.86. The Hall–Kier alpha value is -2.92. The largest absolute Gasteiger partial charge is 0.508 e. The zero-order chi connectivity index (χ0) is 20.1. The first kappa shape index (κ1) is 19.8. The third kappa shape index (κ3) is 4.31. The van der Waals surface area contributed by atoms with Crippen molar-refractivity contribution in [3.63, 3.8) is 0 Å². The first-order valence-corrected chi connectivity index (χ1v) is 9.32. The minimum absolute atomic E-state index is 0.289. The molecule has 0 bridgehead atoms. The molecule has 0 fully saturated rings. The highest BCUT2D eigenvalue weighted by atomic mass is 16.5. The van der Waals surface area contributed by atoms with Crippen LogP contribution in [0.2, 0.25) is 0 Å². The molecule has 0 aromatic heterocycles. The predicted molar refractivity (Wildman–Crippen MR) is 111 cm³/mol. The highest BCUT2D eigenvalue weighted by Gasteiger charge is 2.12. The summed E-state index contributed by atoms with van der Waals surface area (Å²) in [4.78, 5) is 2.16. The molecule has 0 spiro atoms. The number of hydrogen-bond donors (Lipinski definition) is 1. The monoisotopic (exact) mass is 381 g/mol. The number of fused-ring (bicyclic) bond motifs is 1. The summed E-state index contributed by atoms with van der Waals surface area (Å²) in [5, 5.41) is 12.5. The van der Waals surface area contributed by atoms with E-state index in [1.54, 1.807) is 20.3 Å². The van der Waals surface area contributed by atoms with Gasteiger partial charge in [0.15, 0.2) is 11.5 Å². The number of phenols is 1. The Kier molecular flexibility index (Phi) is 6.26.